The molecule has 0 aliphatic heterocycles. The van der Waals surface area contributed by atoms with Crippen molar-refractivity contribution in [2.75, 3.05) is 15.9 Å². The SMILES string of the molecule is Cc1ccc(C)c(NC(=O)c2ccc(CN(c3cc(Cl)cc(Cl)c3)S(C)(=O)=O)cc2)c1. The number of halogens is 2. The van der Waals surface area contributed by atoms with Crippen molar-refractivity contribution >= 4 is 50.5 Å². The number of anilines is 2. The van der Waals surface area contributed by atoms with Gasteiger partial charge in [0.25, 0.3) is 5.91 Å². The molecular weight excluding hydrogens is 455 g/mol. The van der Waals surface area contributed by atoms with E-state index in [1.807, 2.05) is 32.0 Å². The summed E-state index contributed by atoms with van der Waals surface area (Å²) in [6, 6.07) is 17.3. The van der Waals surface area contributed by atoms with Crippen LogP contribution in [0.4, 0.5) is 11.4 Å². The Morgan fingerprint density at radius 1 is 0.935 bits per heavy atom. The van der Waals surface area contributed by atoms with Crippen LogP contribution in [0.25, 0.3) is 0 Å². The van der Waals surface area contributed by atoms with Crippen molar-refractivity contribution < 1.29 is 13.2 Å². The third kappa shape index (κ3) is 6.00. The highest BCUT2D eigenvalue weighted by Crippen LogP contribution is 2.28. The molecule has 0 atom stereocenters. The lowest BCUT2D eigenvalue weighted by Crippen LogP contribution is -2.29. The van der Waals surface area contributed by atoms with Crippen LogP contribution in [-0.2, 0) is 16.6 Å². The predicted octanol–water partition coefficient (Wildman–Crippen LogP) is 5.83. The number of carbonyl (C=O) groups excluding carboxylic acids is 1. The second kappa shape index (κ2) is 9.30. The van der Waals surface area contributed by atoms with Gasteiger partial charge in [-0.3, -0.25) is 9.10 Å². The minimum Gasteiger partial charge on any atom is -0.322 e. The second-order valence-electron chi connectivity index (χ2n) is 7.37. The fourth-order valence-electron chi connectivity index (χ4n) is 3.08. The van der Waals surface area contributed by atoms with Crippen LogP contribution in [-0.4, -0.2) is 20.6 Å². The molecule has 162 valence electrons. The van der Waals surface area contributed by atoms with Gasteiger partial charge in [0, 0.05) is 21.3 Å². The zero-order chi connectivity index (χ0) is 22.8. The Morgan fingerprint density at radius 2 is 1.55 bits per heavy atom. The Labute approximate surface area is 192 Å². The van der Waals surface area contributed by atoms with Crippen LogP contribution in [0.1, 0.15) is 27.0 Å². The van der Waals surface area contributed by atoms with Crippen LogP contribution < -0.4 is 9.62 Å². The van der Waals surface area contributed by atoms with Gasteiger partial charge in [0.2, 0.25) is 10.0 Å². The number of aryl methyl sites for hydroxylation is 2. The Kier molecular flexibility index (Phi) is 6.94. The van der Waals surface area contributed by atoms with E-state index in [1.165, 1.54) is 10.4 Å². The highest BCUT2D eigenvalue weighted by Gasteiger charge is 2.19. The van der Waals surface area contributed by atoms with Crippen LogP contribution in [0.2, 0.25) is 10.0 Å². The van der Waals surface area contributed by atoms with Gasteiger partial charge in [-0.25, -0.2) is 8.42 Å². The molecule has 31 heavy (non-hydrogen) atoms. The lowest BCUT2D eigenvalue weighted by atomic mass is 10.1. The first-order valence-corrected chi connectivity index (χ1v) is 12.0. The highest BCUT2D eigenvalue weighted by atomic mass is 35.5. The molecule has 0 saturated carbocycles. The van der Waals surface area contributed by atoms with Crippen molar-refractivity contribution in [1.82, 2.24) is 0 Å². The van der Waals surface area contributed by atoms with Crippen molar-refractivity contribution in [2.45, 2.75) is 20.4 Å². The third-order valence-electron chi connectivity index (χ3n) is 4.72. The van der Waals surface area contributed by atoms with E-state index in [9.17, 15) is 13.2 Å². The molecule has 0 spiro atoms. The Bertz CT molecular complexity index is 1210. The monoisotopic (exact) mass is 476 g/mol. The molecule has 0 unspecified atom stereocenters. The zero-order valence-electron chi connectivity index (χ0n) is 17.3. The zero-order valence-corrected chi connectivity index (χ0v) is 19.6. The largest absolute Gasteiger partial charge is 0.322 e. The summed E-state index contributed by atoms with van der Waals surface area (Å²) in [6.07, 6.45) is 1.12. The van der Waals surface area contributed by atoms with Gasteiger partial charge >= 0.3 is 0 Å². The maximum atomic E-state index is 12.6. The van der Waals surface area contributed by atoms with E-state index in [2.05, 4.69) is 5.32 Å². The van der Waals surface area contributed by atoms with E-state index in [0.717, 1.165) is 23.1 Å². The molecule has 0 saturated heterocycles. The number of nitrogens with one attached hydrogen (secondary N) is 1. The molecule has 0 radical (unpaired) electrons. The summed E-state index contributed by atoms with van der Waals surface area (Å²) < 4.78 is 26.0. The molecule has 0 aromatic heterocycles. The Balaban J connectivity index is 1.81. The van der Waals surface area contributed by atoms with Gasteiger partial charge in [0.1, 0.15) is 0 Å². The van der Waals surface area contributed by atoms with Crippen LogP contribution in [0.3, 0.4) is 0 Å². The van der Waals surface area contributed by atoms with Crippen LogP contribution in [0.5, 0.6) is 0 Å². The van der Waals surface area contributed by atoms with Crippen molar-refractivity contribution in [1.29, 1.82) is 0 Å². The number of rotatable bonds is 6. The number of hydrogen-bond acceptors (Lipinski definition) is 3. The summed E-state index contributed by atoms with van der Waals surface area (Å²) in [5.74, 6) is -0.234. The number of nitrogens with zero attached hydrogens (tertiary/aromatic N) is 1. The maximum absolute atomic E-state index is 12.6. The van der Waals surface area contributed by atoms with E-state index in [-0.39, 0.29) is 12.5 Å². The molecule has 1 N–H and O–H groups in total. The minimum absolute atomic E-state index is 0.0778. The van der Waals surface area contributed by atoms with E-state index >= 15 is 0 Å². The number of hydrogen-bond donors (Lipinski definition) is 1. The number of benzene rings is 3. The van der Waals surface area contributed by atoms with Gasteiger partial charge in [0.05, 0.1) is 18.5 Å². The normalized spacial score (nSPS) is 11.3. The summed E-state index contributed by atoms with van der Waals surface area (Å²) in [4.78, 5) is 12.6. The standard InChI is InChI=1S/C23H22Cl2N2O3S/c1-15-4-5-16(2)22(10-15)26-23(28)18-8-6-17(7-9-18)14-27(31(3,29)30)21-12-19(24)11-20(25)13-21/h4-13H,14H2,1-3H3,(H,26,28). The van der Waals surface area contributed by atoms with Crippen molar-refractivity contribution in [3.05, 3.63) is 93.0 Å². The summed E-state index contributed by atoms with van der Waals surface area (Å²) in [5.41, 5.74) is 4.34. The average molecular weight is 477 g/mol. The number of carbonyl (C=O) groups is 1. The Morgan fingerprint density at radius 3 is 2.13 bits per heavy atom. The van der Waals surface area contributed by atoms with Gasteiger partial charge in [-0.15, -0.1) is 0 Å². The molecule has 3 rings (SSSR count). The highest BCUT2D eigenvalue weighted by molar-refractivity contribution is 7.92. The number of amides is 1. The Hall–Kier alpha value is -2.54. The first-order valence-electron chi connectivity index (χ1n) is 9.44. The molecule has 0 aliphatic rings. The fraction of sp³-hybridized carbons (Fsp3) is 0.174. The average Bonchev–Trinajstić information content (AvgIpc) is 2.67. The molecular formula is C23H22Cl2N2O3S. The summed E-state index contributed by atoms with van der Waals surface area (Å²) in [6.45, 7) is 3.97. The van der Waals surface area contributed by atoms with Crippen LogP contribution >= 0.6 is 23.2 Å². The van der Waals surface area contributed by atoms with E-state index in [0.29, 0.717) is 26.9 Å². The van der Waals surface area contributed by atoms with Gasteiger partial charge in [0.15, 0.2) is 0 Å². The van der Waals surface area contributed by atoms with Crippen molar-refractivity contribution in [3.63, 3.8) is 0 Å². The first-order chi connectivity index (χ1) is 14.5. The lowest BCUT2D eigenvalue weighted by Gasteiger charge is -2.23. The maximum Gasteiger partial charge on any atom is 0.255 e. The molecule has 0 bridgehead atoms. The van der Waals surface area contributed by atoms with E-state index in [4.69, 9.17) is 23.2 Å². The molecule has 8 heteroatoms. The number of sulfonamides is 1. The van der Waals surface area contributed by atoms with Gasteiger partial charge in [-0.05, 0) is 66.9 Å². The van der Waals surface area contributed by atoms with Crippen LogP contribution in [0, 0.1) is 13.8 Å². The molecule has 3 aromatic carbocycles. The molecule has 1 amide bonds. The van der Waals surface area contributed by atoms with E-state index < -0.39 is 10.0 Å². The predicted molar refractivity (Wildman–Crippen MR) is 128 cm³/mol. The molecule has 0 aliphatic carbocycles. The first kappa shape index (κ1) is 23.1. The van der Waals surface area contributed by atoms with Crippen molar-refractivity contribution in [3.8, 4) is 0 Å². The second-order valence-corrected chi connectivity index (χ2v) is 10.1. The molecule has 0 heterocycles. The van der Waals surface area contributed by atoms with Gasteiger partial charge in [-0.2, -0.15) is 0 Å². The van der Waals surface area contributed by atoms with Gasteiger partial charge < -0.3 is 5.32 Å². The summed E-state index contributed by atoms with van der Waals surface area (Å²) in [7, 11) is -3.59. The van der Waals surface area contributed by atoms with Gasteiger partial charge in [-0.1, -0.05) is 47.5 Å². The lowest BCUT2D eigenvalue weighted by molar-refractivity contribution is 0.102. The molecule has 5 nitrogen and oxygen atoms in total. The van der Waals surface area contributed by atoms with Crippen molar-refractivity contribution in [2.24, 2.45) is 0 Å². The minimum atomic E-state index is -3.59. The summed E-state index contributed by atoms with van der Waals surface area (Å²) >= 11 is 12.1. The topological polar surface area (TPSA) is 66.5 Å². The third-order valence-corrected chi connectivity index (χ3v) is 6.30. The van der Waals surface area contributed by atoms with Crippen LogP contribution in [0.15, 0.2) is 60.7 Å². The fourth-order valence-corrected chi connectivity index (χ4v) is 4.46. The molecule has 0 fully saturated rings. The summed E-state index contributed by atoms with van der Waals surface area (Å²) in [5, 5.41) is 3.60. The van der Waals surface area contributed by atoms with E-state index in [1.54, 1.807) is 36.4 Å². The molecule has 3 aromatic rings. The quantitative estimate of drug-likeness (QED) is 0.486. The smallest absolute Gasteiger partial charge is 0.255 e.